The van der Waals surface area contributed by atoms with E-state index in [-0.39, 0.29) is 5.69 Å². The van der Waals surface area contributed by atoms with Crippen LogP contribution in [-0.2, 0) is 11.0 Å². The lowest BCUT2D eigenvalue weighted by molar-refractivity contribution is -0.140. The van der Waals surface area contributed by atoms with Gasteiger partial charge in [0.15, 0.2) is 0 Å². The summed E-state index contributed by atoms with van der Waals surface area (Å²) in [5.74, 6) is -1.58. The van der Waals surface area contributed by atoms with Gasteiger partial charge in [-0.2, -0.15) is 18.3 Å². The Hall–Kier alpha value is -3.69. The van der Waals surface area contributed by atoms with Crippen molar-refractivity contribution in [2.75, 3.05) is 11.9 Å². The molecule has 1 unspecified atom stereocenters. The van der Waals surface area contributed by atoms with Crippen molar-refractivity contribution < 1.29 is 27.1 Å². The maximum Gasteiger partial charge on any atom is 0.419 e. The van der Waals surface area contributed by atoms with Gasteiger partial charge in [0, 0.05) is 17.3 Å². The van der Waals surface area contributed by atoms with Crippen LogP contribution in [0.3, 0.4) is 0 Å². The van der Waals surface area contributed by atoms with Gasteiger partial charge in [-0.05, 0) is 62.4 Å². The van der Waals surface area contributed by atoms with Crippen LogP contribution in [0.4, 0.5) is 23.2 Å². The van der Waals surface area contributed by atoms with Crippen LogP contribution in [0, 0.1) is 5.82 Å². The lowest BCUT2D eigenvalue weighted by Gasteiger charge is -2.16. The van der Waals surface area contributed by atoms with E-state index in [1.807, 2.05) is 6.92 Å². The molecule has 6 nitrogen and oxygen atoms in total. The molecule has 1 N–H and O–H groups in total. The van der Waals surface area contributed by atoms with Crippen LogP contribution in [0.2, 0.25) is 0 Å². The molecular formula is C22H19F4N3O3. The topological polar surface area (TPSA) is 73.2 Å². The standard InChI is InChI=1S/C22H19F4N3O3/c1-3-32-16-7-4-14(5-8-16)19-10-11-20(30)29(28-19)13(2)21(31)27-15-6-9-18(23)17(12-15)22(24,25)26/h4-13H,3H2,1-2H3,(H,27,31). The van der Waals surface area contributed by atoms with E-state index < -0.39 is 35.1 Å². The summed E-state index contributed by atoms with van der Waals surface area (Å²) in [4.78, 5) is 24.8. The van der Waals surface area contributed by atoms with Crippen LogP contribution in [0.1, 0.15) is 25.5 Å². The Labute approximate surface area is 180 Å². The zero-order valence-electron chi connectivity index (χ0n) is 17.1. The van der Waals surface area contributed by atoms with Crippen LogP contribution in [0.5, 0.6) is 5.75 Å². The van der Waals surface area contributed by atoms with E-state index in [4.69, 9.17) is 4.74 Å². The second kappa shape index (κ2) is 9.21. The number of ether oxygens (including phenoxy) is 1. The number of hydrogen-bond donors (Lipinski definition) is 1. The molecule has 3 rings (SSSR count). The minimum atomic E-state index is -4.92. The molecule has 0 bridgehead atoms. The number of halogens is 4. The monoisotopic (exact) mass is 449 g/mol. The predicted molar refractivity (Wildman–Crippen MR) is 110 cm³/mol. The average molecular weight is 449 g/mol. The summed E-state index contributed by atoms with van der Waals surface area (Å²) in [7, 11) is 0. The minimum absolute atomic E-state index is 0.258. The first-order valence-corrected chi connectivity index (χ1v) is 9.61. The molecule has 1 heterocycles. The number of aromatic nitrogens is 2. The third-order valence-corrected chi connectivity index (χ3v) is 4.57. The highest BCUT2D eigenvalue weighted by Gasteiger charge is 2.34. The third kappa shape index (κ3) is 5.13. The molecule has 0 radical (unpaired) electrons. The highest BCUT2D eigenvalue weighted by atomic mass is 19.4. The molecule has 2 aromatic carbocycles. The molecule has 0 aliphatic heterocycles. The van der Waals surface area contributed by atoms with E-state index in [9.17, 15) is 27.2 Å². The lowest BCUT2D eigenvalue weighted by atomic mass is 10.1. The second-order valence-corrected chi connectivity index (χ2v) is 6.82. The number of benzene rings is 2. The Morgan fingerprint density at radius 2 is 1.81 bits per heavy atom. The van der Waals surface area contributed by atoms with Gasteiger partial charge in [0.1, 0.15) is 17.6 Å². The number of hydrogen-bond acceptors (Lipinski definition) is 4. The number of carbonyl (C=O) groups is 1. The second-order valence-electron chi connectivity index (χ2n) is 6.82. The van der Waals surface area contributed by atoms with Gasteiger partial charge >= 0.3 is 6.18 Å². The summed E-state index contributed by atoms with van der Waals surface area (Å²) >= 11 is 0. The Kier molecular flexibility index (Phi) is 6.61. The lowest BCUT2D eigenvalue weighted by Crippen LogP contribution is -2.33. The van der Waals surface area contributed by atoms with Crippen molar-refractivity contribution in [2.45, 2.75) is 26.1 Å². The van der Waals surface area contributed by atoms with Gasteiger partial charge in [0.2, 0.25) is 5.91 Å². The summed E-state index contributed by atoms with van der Waals surface area (Å²) in [6.45, 7) is 3.74. The van der Waals surface area contributed by atoms with Gasteiger partial charge in [-0.1, -0.05) is 0 Å². The normalized spacial score (nSPS) is 12.3. The van der Waals surface area contributed by atoms with Crippen LogP contribution >= 0.6 is 0 Å². The maximum atomic E-state index is 13.5. The molecule has 10 heteroatoms. The van der Waals surface area contributed by atoms with E-state index in [2.05, 4.69) is 10.4 Å². The Balaban J connectivity index is 1.84. The minimum Gasteiger partial charge on any atom is -0.494 e. The molecule has 32 heavy (non-hydrogen) atoms. The molecular weight excluding hydrogens is 430 g/mol. The van der Waals surface area contributed by atoms with Crippen molar-refractivity contribution >= 4 is 11.6 Å². The van der Waals surface area contributed by atoms with Gasteiger partial charge in [0.25, 0.3) is 5.56 Å². The molecule has 1 amide bonds. The summed E-state index contributed by atoms with van der Waals surface area (Å²) in [6.07, 6.45) is -4.92. The van der Waals surface area contributed by atoms with Crippen molar-refractivity contribution in [2.24, 2.45) is 0 Å². The molecule has 168 valence electrons. The molecule has 0 fully saturated rings. The highest BCUT2D eigenvalue weighted by Crippen LogP contribution is 2.33. The summed E-state index contributed by atoms with van der Waals surface area (Å²) in [5.41, 5.74) is -1.25. The van der Waals surface area contributed by atoms with E-state index in [0.29, 0.717) is 35.7 Å². The van der Waals surface area contributed by atoms with Gasteiger partial charge in [-0.15, -0.1) is 0 Å². The number of anilines is 1. The highest BCUT2D eigenvalue weighted by molar-refractivity contribution is 5.93. The smallest absolute Gasteiger partial charge is 0.419 e. The third-order valence-electron chi connectivity index (χ3n) is 4.57. The largest absolute Gasteiger partial charge is 0.494 e. The molecule has 0 saturated carbocycles. The van der Waals surface area contributed by atoms with E-state index in [1.165, 1.54) is 19.1 Å². The number of alkyl halides is 3. The number of nitrogens with zero attached hydrogens (tertiary/aromatic N) is 2. The Morgan fingerprint density at radius 3 is 2.44 bits per heavy atom. The molecule has 0 aliphatic rings. The average Bonchev–Trinajstić information content (AvgIpc) is 2.75. The van der Waals surface area contributed by atoms with Crippen LogP contribution in [0.15, 0.2) is 59.4 Å². The van der Waals surface area contributed by atoms with E-state index in [1.54, 1.807) is 24.3 Å². The molecule has 0 saturated heterocycles. The molecule has 1 atom stereocenters. The first kappa shape index (κ1) is 23.0. The fraction of sp³-hybridized carbons (Fsp3) is 0.227. The molecule has 1 aromatic heterocycles. The summed E-state index contributed by atoms with van der Waals surface area (Å²) in [5, 5.41) is 6.48. The SMILES string of the molecule is CCOc1ccc(-c2ccc(=O)n(C(C)C(=O)Nc3ccc(F)c(C(F)(F)F)c3)n2)cc1. The van der Waals surface area contributed by atoms with E-state index >= 15 is 0 Å². The fourth-order valence-corrected chi connectivity index (χ4v) is 2.92. The first-order chi connectivity index (χ1) is 15.1. The zero-order valence-corrected chi connectivity index (χ0v) is 17.1. The molecule has 0 aliphatic carbocycles. The summed E-state index contributed by atoms with van der Waals surface area (Å²) in [6, 6.07) is 10.6. The van der Waals surface area contributed by atoms with Gasteiger partial charge in [0.05, 0.1) is 17.9 Å². The van der Waals surface area contributed by atoms with Gasteiger partial charge in [-0.3, -0.25) is 9.59 Å². The predicted octanol–water partition coefficient (Wildman–Crippen LogP) is 4.67. The Morgan fingerprint density at radius 1 is 1.12 bits per heavy atom. The van der Waals surface area contributed by atoms with Crippen LogP contribution in [-0.4, -0.2) is 22.3 Å². The maximum absolute atomic E-state index is 13.5. The van der Waals surface area contributed by atoms with Crippen LogP contribution < -0.4 is 15.6 Å². The zero-order chi connectivity index (χ0) is 23.5. The number of carbonyl (C=O) groups excluding carboxylic acids is 1. The fourth-order valence-electron chi connectivity index (χ4n) is 2.92. The molecule has 0 spiro atoms. The number of nitrogens with one attached hydrogen (secondary N) is 1. The quantitative estimate of drug-likeness (QED) is 0.556. The van der Waals surface area contributed by atoms with Crippen molar-refractivity contribution in [1.82, 2.24) is 9.78 Å². The number of rotatable bonds is 6. The van der Waals surface area contributed by atoms with Gasteiger partial charge in [-0.25, -0.2) is 9.07 Å². The van der Waals surface area contributed by atoms with Crippen molar-refractivity contribution in [3.63, 3.8) is 0 Å². The molecule has 3 aromatic rings. The van der Waals surface area contributed by atoms with Crippen LogP contribution in [0.25, 0.3) is 11.3 Å². The summed E-state index contributed by atoms with van der Waals surface area (Å²) < 4.78 is 58.5. The van der Waals surface area contributed by atoms with Crippen molar-refractivity contribution in [3.05, 3.63) is 76.3 Å². The first-order valence-electron chi connectivity index (χ1n) is 9.61. The van der Waals surface area contributed by atoms with Gasteiger partial charge < -0.3 is 10.1 Å². The Bertz CT molecular complexity index is 1170. The number of amides is 1. The van der Waals surface area contributed by atoms with Crippen molar-refractivity contribution in [1.29, 1.82) is 0 Å². The van der Waals surface area contributed by atoms with E-state index in [0.717, 1.165) is 10.7 Å². The van der Waals surface area contributed by atoms with Crippen molar-refractivity contribution in [3.8, 4) is 17.0 Å².